The molecule has 3 rings (SSSR count). The highest BCUT2D eigenvalue weighted by atomic mass is 28.4. The van der Waals surface area contributed by atoms with Crippen molar-refractivity contribution in [1.29, 1.82) is 0 Å². The third-order valence-electron chi connectivity index (χ3n) is 9.49. The summed E-state index contributed by atoms with van der Waals surface area (Å²) in [7, 11) is 0.500. The van der Waals surface area contributed by atoms with E-state index in [4.69, 9.17) is 28.1 Å². The van der Waals surface area contributed by atoms with Crippen LogP contribution in [0, 0.1) is 5.92 Å². The SMILES string of the molecule is C=CCOc1cc(O)c(C(=O)OC)c(CC(=O)C[C@H](C=C)[C@H](OC)[C@@H](O[Si](C)(C)C(C)(C)C)[C@H]2OC3(CCCCC3)O[C@@H]2C)c1. The summed E-state index contributed by atoms with van der Waals surface area (Å²) in [6, 6.07) is 2.90. The smallest absolute Gasteiger partial charge is 0.341 e. The van der Waals surface area contributed by atoms with Crippen LogP contribution < -0.4 is 4.74 Å². The minimum absolute atomic E-state index is 0.0611. The molecule has 0 radical (unpaired) electrons. The number of benzene rings is 1. The summed E-state index contributed by atoms with van der Waals surface area (Å²) in [5.74, 6) is -2.00. The van der Waals surface area contributed by atoms with Crippen LogP contribution in [-0.2, 0) is 34.6 Å². The van der Waals surface area contributed by atoms with Gasteiger partial charge in [0.15, 0.2) is 14.1 Å². The van der Waals surface area contributed by atoms with Crippen molar-refractivity contribution >= 4 is 20.1 Å². The maximum absolute atomic E-state index is 13.7. The zero-order chi connectivity index (χ0) is 33.6. The molecular formula is C35H54O9Si. The molecule has 9 nitrogen and oxygen atoms in total. The van der Waals surface area contributed by atoms with E-state index in [9.17, 15) is 14.7 Å². The molecule has 0 unspecified atom stereocenters. The first-order chi connectivity index (χ1) is 21.1. The van der Waals surface area contributed by atoms with Crippen molar-refractivity contribution in [2.45, 2.75) is 121 Å². The van der Waals surface area contributed by atoms with Gasteiger partial charge in [0.25, 0.3) is 0 Å². The van der Waals surface area contributed by atoms with E-state index in [2.05, 4.69) is 47.0 Å². The van der Waals surface area contributed by atoms with Gasteiger partial charge in [0.05, 0.1) is 19.3 Å². The molecular weight excluding hydrogens is 592 g/mol. The number of hydrogen-bond acceptors (Lipinski definition) is 9. The molecule has 252 valence electrons. The van der Waals surface area contributed by atoms with E-state index in [0.717, 1.165) is 32.1 Å². The fraction of sp³-hybridized carbons (Fsp3) is 0.657. The van der Waals surface area contributed by atoms with Gasteiger partial charge in [-0.3, -0.25) is 4.79 Å². The highest BCUT2D eigenvalue weighted by molar-refractivity contribution is 6.74. The van der Waals surface area contributed by atoms with Crippen LogP contribution >= 0.6 is 0 Å². The number of rotatable bonds is 15. The van der Waals surface area contributed by atoms with Gasteiger partial charge in [-0.05, 0) is 49.5 Å². The van der Waals surface area contributed by atoms with E-state index >= 15 is 0 Å². The Kier molecular flexibility index (Phi) is 12.6. The van der Waals surface area contributed by atoms with Crippen molar-refractivity contribution in [3.05, 3.63) is 48.6 Å². The lowest BCUT2D eigenvalue weighted by atomic mass is 9.87. The summed E-state index contributed by atoms with van der Waals surface area (Å²) in [6.07, 6.45) is 6.44. The van der Waals surface area contributed by atoms with Crippen molar-refractivity contribution in [1.82, 2.24) is 0 Å². The van der Waals surface area contributed by atoms with Crippen LogP contribution in [0.25, 0.3) is 0 Å². The number of hydrogen-bond donors (Lipinski definition) is 1. The second kappa shape index (κ2) is 15.4. The molecule has 1 aliphatic carbocycles. The summed E-state index contributed by atoms with van der Waals surface area (Å²) in [5, 5.41) is 10.6. The number of ether oxygens (including phenoxy) is 5. The maximum atomic E-state index is 13.7. The lowest BCUT2D eigenvalue weighted by Gasteiger charge is -2.44. The second-order valence-corrected chi connectivity index (χ2v) is 18.6. The van der Waals surface area contributed by atoms with E-state index in [1.54, 1.807) is 25.3 Å². The zero-order valence-electron chi connectivity index (χ0n) is 28.5. The molecule has 1 saturated heterocycles. The Labute approximate surface area is 270 Å². The predicted octanol–water partition coefficient (Wildman–Crippen LogP) is 6.92. The maximum Gasteiger partial charge on any atom is 0.341 e. The van der Waals surface area contributed by atoms with Crippen molar-refractivity contribution in [3.8, 4) is 11.5 Å². The number of methoxy groups -OCH3 is 2. The molecule has 2 aliphatic rings. The normalized spacial score (nSPS) is 22.0. The number of esters is 1. The van der Waals surface area contributed by atoms with E-state index in [0.29, 0.717) is 11.3 Å². The lowest BCUT2D eigenvalue weighted by Crippen LogP contribution is -2.55. The van der Waals surface area contributed by atoms with Crippen LogP contribution in [0.5, 0.6) is 11.5 Å². The van der Waals surface area contributed by atoms with Gasteiger partial charge < -0.3 is 33.2 Å². The molecule has 5 atom stereocenters. The standard InChI is InChI=1S/C35H54O9Si/c1-11-18-41-27-21-25(29(28(37)22-27)33(38)40-8)20-26(36)19-24(12-2)31(39-7)32(44-45(9,10)34(4,5)6)30-23(3)42-35(43-30)16-14-13-15-17-35/h11-12,21-24,30-32,37H,1-2,13-20H2,3-10H3/t23-,24+,30+,31+,32+/m1/s1. The third kappa shape index (κ3) is 8.86. The molecule has 1 heterocycles. The largest absolute Gasteiger partial charge is 0.507 e. The average Bonchev–Trinajstić information content (AvgIpc) is 3.28. The molecule has 2 fully saturated rings. The Morgan fingerprint density at radius 1 is 1.13 bits per heavy atom. The minimum Gasteiger partial charge on any atom is -0.507 e. The van der Waals surface area contributed by atoms with Gasteiger partial charge in [0.2, 0.25) is 0 Å². The van der Waals surface area contributed by atoms with Gasteiger partial charge in [-0.15, -0.1) is 6.58 Å². The number of aromatic hydroxyl groups is 1. The fourth-order valence-electron chi connectivity index (χ4n) is 6.08. The number of Topliss-reactive ketones (excluding diaryl/α,β-unsaturated/α-hetero) is 1. The molecule has 0 amide bonds. The summed E-state index contributed by atoms with van der Waals surface area (Å²) >= 11 is 0. The molecule has 10 heteroatoms. The van der Waals surface area contributed by atoms with Crippen molar-refractivity contribution in [3.63, 3.8) is 0 Å². The number of phenols is 1. The van der Waals surface area contributed by atoms with Gasteiger partial charge in [0.1, 0.15) is 41.7 Å². The van der Waals surface area contributed by atoms with Gasteiger partial charge in [0, 0.05) is 44.8 Å². The predicted molar refractivity (Wildman–Crippen MR) is 176 cm³/mol. The van der Waals surface area contributed by atoms with Gasteiger partial charge >= 0.3 is 5.97 Å². The summed E-state index contributed by atoms with van der Waals surface area (Å²) < 4.78 is 37.1. The third-order valence-corrected chi connectivity index (χ3v) is 14.0. The summed E-state index contributed by atoms with van der Waals surface area (Å²) in [4.78, 5) is 26.3. The summed E-state index contributed by atoms with van der Waals surface area (Å²) in [6.45, 7) is 20.9. The zero-order valence-corrected chi connectivity index (χ0v) is 29.5. The van der Waals surface area contributed by atoms with Crippen LogP contribution in [0.1, 0.15) is 82.1 Å². The monoisotopic (exact) mass is 646 g/mol. The number of ketones is 1. The van der Waals surface area contributed by atoms with Crippen LogP contribution in [0.4, 0.5) is 0 Å². The van der Waals surface area contributed by atoms with Crippen molar-refractivity contribution in [2.75, 3.05) is 20.8 Å². The van der Waals surface area contributed by atoms with Gasteiger partial charge in [-0.1, -0.05) is 45.9 Å². The lowest BCUT2D eigenvalue weighted by molar-refractivity contribution is -0.204. The first-order valence-corrected chi connectivity index (χ1v) is 18.9. The van der Waals surface area contributed by atoms with Gasteiger partial charge in [-0.2, -0.15) is 0 Å². The van der Waals surface area contributed by atoms with Gasteiger partial charge in [-0.25, -0.2) is 4.79 Å². The van der Waals surface area contributed by atoms with Crippen molar-refractivity contribution in [2.24, 2.45) is 5.92 Å². The first kappa shape index (κ1) is 37.0. The molecule has 1 aromatic carbocycles. The Morgan fingerprint density at radius 2 is 1.80 bits per heavy atom. The average molecular weight is 647 g/mol. The molecule has 1 saturated carbocycles. The first-order valence-electron chi connectivity index (χ1n) is 16.0. The Hall–Kier alpha value is -2.50. The summed E-state index contributed by atoms with van der Waals surface area (Å²) in [5.41, 5.74) is 0.231. The molecule has 1 aromatic rings. The Morgan fingerprint density at radius 3 is 2.36 bits per heavy atom. The molecule has 0 aromatic heterocycles. The molecule has 0 bridgehead atoms. The van der Waals surface area contributed by atoms with Crippen LogP contribution in [0.15, 0.2) is 37.4 Å². The van der Waals surface area contributed by atoms with Crippen LogP contribution in [0.3, 0.4) is 0 Å². The molecule has 1 N–H and O–H groups in total. The molecule has 1 spiro atoms. The Bertz CT molecular complexity index is 1200. The van der Waals surface area contributed by atoms with E-state index in [1.165, 1.54) is 13.2 Å². The Balaban J connectivity index is 1.93. The minimum atomic E-state index is -2.35. The van der Waals surface area contributed by atoms with Crippen molar-refractivity contribution < 1.29 is 42.8 Å². The fourth-order valence-corrected chi connectivity index (χ4v) is 7.38. The highest BCUT2D eigenvalue weighted by Gasteiger charge is 2.54. The number of phenolic OH excluding ortho intramolecular Hbond substituents is 1. The van der Waals surface area contributed by atoms with Crippen LogP contribution in [-0.4, -0.2) is 76.2 Å². The number of carbonyl (C=O) groups is 2. The highest BCUT2D eigenvalue weighted by Crippen LogP contribution is 2.45. The topological polar surface area (TPSA) is 110 Å². The van der Waals surface area contributed by atoms with E-state index in [-0.39, 0.29) is 47.7 Å². The number of carbonyl (C=O) groups excluding carboxylic acids is 2. The van der Waals surface area contributed by atoms with E-state index < -0.39 is 44.3 Å². The van der Waals surface area contributed by atoms with E-state index in [1.807, 2.05) is 6.92 Å². The van der Waals surface area contributed by atoms with Crippen LogP contribution in [0.2, 0.25) is 18.1 Å². The quantitative estimate of drug-likeness (QED) is 0.123. The second-order valence-electron chi connectivity index (χ2n) is 13.8. The molecule has 45 heavy (non-hydrogen) atoms. The molecule has 1 aliphatic heterocycles.